The van der Waals surface area contributed by atoms with E-state index in [1.165, 1.54) is 24.4 Å². The molecule has 18 heavy (non-hydrogen) atoms. The normalized spacial score (nSPS) is 12.4. The zero-order valence-electron chi connectivity index (χ0n) is 9.41. The summed E-state index contributed by atoms with van der Waals surface area (Å²) in [6, 6.07) is 5.63. The molecule has 5 heteroatoms. The number of hydrogen-bond acceptors (Lipinski definition) is 2. The number of halogens is 3. The minimum absolute atomic E-state index is 0.331. The van der Waals surface area contributed by atoms with E-state index < -0.39 is 0 Å². The number of benzene rings is 1. The van der Waals surface area contributed by atoms with E-state index in [2.05, 4.69) is 4.98 Å². The van der Waals surface area contributed by atoms with Gasteiger partial charge in [-0.2, -0.15) is 0 Å². The van der Waals surface area contributed by atoms with Crippen LogP contribution in [0.15, 0.2) is 36.7 Å². The SMILES string of the molecule is NC(Cc1cc(F)ccc1Cl)c1ccncc1Cl. The topological polar surface area (TPSA) is 38.9 Å². The maximum Gasteiger partial charge on any atom is 0.123 e. The highest BCUT2D eigenvalue weighted by atomic mass is 35.5. The molecular formula is C13H11Cl2FN2. The van der Waals surface area contributed by atoms with E-state index in [1.54, 1.807) is 12.3 Å². The lowest BCUT2D eigenvalue weighted by Crippen LogP contribution is -2.14. The smallest absolute Gasteiger partial charge is 0.123 e. The Bertz CT molecular complexity index is 560. The predicted octanol–water partition coefficient (Wildman–Crippen LogP) is 3.77. The summed E-state index contributed by atoms with van der Waals surface area (Å²) >= 11 is 12.0. The van der Waals surface area contributed by atoms with Crippen molar-refractivity contribution < 1.29 is 4.39 Å². The van der Waals surface area contributed by atoms with Crippen LogP contribution in [0, 0.1) is 5.82 Å². The molecule has 1 unspecified atom stereocenters. The van der Waals surface area contributed by atoms with Crippen molar-refractivity contribution in [2.45, 2.75) is 12.5 Å². The summed E-state index contributed by atoms with van der Waals surface area (Å²) in [4.78, 5) is 3.89. The van der Waals surface area contributed by atoms with Gasteiger partial charge in [-0.1, -0.05) is 23.2 Å². The molecule has 2 nitrogen and oxygen atoms in total. The maximum atomic E-state index is 13.1. The standard InChI is InChI=1S/C13H11Cl2FN2/c14-11-2-1-9(16)5-8(11)6-13(17)10-3-4-18-7-12(10)15/h1-5,7,13H,6,17H2. The van der Waals surface area contributed by atoms with Crippen LogP contribution in [-0.4, -0.2) is 4.98 Å². The number of pyridine rings is 1. The molecule has 2 rings (SSSR count). The molecule has 94 valence electrons. The Kier molecular flexibility index (Phi) is 4.17. The van der Waals surface area contributed by atoms with E-state index in [0.717, 1.165) is 5.56 Å². The Labute approximate surface area is 115 Å². The molecule has 0 fully saturated rings. The Balaban J connectivity index is 2.24. The first-order valence-electron chi connectivity index (χ1n) is 5.37. The molecule has 1 aromatic carbocycles. The summed E-state index contributed by atoms with van der Waals surface area (Å²) in [6.45, 7) is 0. The van der Waals surface area contributed by atoms with Crippen LogP contribution in [-0.2, 0) is 6.42 Å². The zero-order valence-corrected chi connectivity index (χ0v) is 10.9. The van der Waals surface area contributed by atoms with Crippen molar-refractivity contribution in [3.8, 4) is 0 Å². The van der Waals surface area contributed by atoms with Crippen LogP contribution in [0.1, 0.15) is 17.2 Å². The third kappa shape index (κ3) is 2.99. The van der Waals surface area contributed by atoms with Crippen molar-refractivity contribution in [1.29, 1.82) is 0 Å². The first-order chi connectivity index (χ1) is 8.58. The molecule has 1 aromatic heterocycles. The van der Waals surface area contributed by atoms with Gasteiger partial charge in [-0.15, -0.1) is 0 Å². The van der Waals surface area contributed by atoms with Crippen LogP contribution in [0.4, 0.5) is 4.39 Å². The lowest BCUT2D eigenvalue weighted by Gasteiger charge is -2.14. The first kappa shape index (κ1) is 13.3. The fourth-order valence-electron chi connectivity index (χ4n) is 1.73. The lowest BCUT2D eigenvalue weighted by atomic mass is 10.0. The van der Waals surface area contributed by atoms with Gasteiger partial charge in [0.15, 0.2) is 0 Å². The van der Waals surface area contributed by atoms with Gasteiger partial charge in [-0.3, -0.25) is 4.98 Å². The second kappa shape index (κ2) is 5.65. The van der Waals surface area contributed by atoms with E-state index in [9.17, 15) is 4.39 Å². The molecule has 0 bridgehead atoms. The van der Waals surface area contributed by atoms with E-state index in [0.29, 0.717) is 22.0 Å². The molecule has 0 saturated heterocycles. The molecule has 1 atom stereocenters. The number of nitrogens with zero attached hydrogens (tertiary/aromatic N) is 1. The van der Waals surface area contributed by atoms with Crippen molar-refractivity contribution in [2.75, 3.05) is 0 Å². The molecule has 1 heterocycles. The second-order valence-electron chi connectivity index (χ2n) is 3.94. The highest BCUT2D eigenvalue weighted by Crippen LogP contribution is 2.26. The van der Waals surface area contributed by atoms with Gasteiger partial charge in [-0.05, 0) is 41.8 Å². The minimum Gasteiger partial charge on any atom is -0.324 e. The van der Waals surface area contributed by atoms with Crippen LogP contribution >= 0.6 is 23.2 Å². The number of aromatic nitrogens is 1. The molecule has 0 saturated carbocycles. The number of rotatable bonds is 3. The fourth-order valence-corrected chi connectivity index (χ4v) is 2.19. The average Bonchev–Trinajstić information content (AvgIpc) is 2.34. The Morgan fingerprint density at radius 2 is 2.00 bits per heavy atom. The summed E-state index contributed by atoms with van der Waals surface area (Å²) < 4.78 is 13.1. The molecular weight excluding hydrogens is 274 g/mol. The Morgan fingerprint density at radius 1 is 1.22 bits per heavy atom. The van der Waals surface area contributed by atoms with Crippen molar-refractivity contribution >= 4 is 23.2 Å². The van der Waals surface area contributed by atoms with Gasteiger partial charge in [-0.25, -0.2) is 4.39 Å². The molecule has 2 N–H and O–H groups in total. The first-order valence-corrected chi connectivity index (χ1v) is 6.12. The monoisotopic (exact) mass is 284 g/mol. The average molecular weight is 285 g/mol. The van der Waals surface area contributed by atoms with Crippen molar-refractivity contribution in [3.05, 3.63) is 63.6 Å². The van der Waals surface area contributed by atoms with Gasteiger partial charge in [0.05, 0.1) is 5.02 Å². The summed E-state index contributed by atoms with van der Waals surface area (Å²) in [5.74, 6) is -0.331. The highest BCUT2D eigenvalue weighted by Gasteiger charge is 2.13. The third-order valence-corrected chi connectivity index (χ3v) is 3.34. The van der Waals surface area contributed by atoms with Gasteiger partial charge in [0.1, 0.15) is 5.82 Å². The maximum absolute atomic E-state index is 13.1. The fraction of sp³-hybridized carbons (Fsp3) is 0.154. The van der Waals surface area contributed by atoms with Crippen molar-refractivity contribution in [1.82, 2.24) is 4.98 Å². The Morgan fingerprint density at radius 3 is 2.72 bits per heavy atom. The van der Waals surface area contributed by atoms with Gasteiger partial charge < -0.3 is 5.73 Å². The minimum atomic E-state index is -0.347. The van der Waals surface area contributed by atoms with Crippen LogP contribution < -0.4 is 5.73 Å². The van der Waals surface area contributed by atoms with Crippen LogP contribution in [0.5, 0.6) is 0 Å². The van der Waals surface area contributed by atoms with E-state index >= 15 is 0 Å². The zero-order chi connectivity index (χ0) is 13.1. The molecule has 0 aliphatic heterocycles. The summed E-state index contributed by atoms with van der Waals surface area (Å²) in [6.07, 6.45) is 3.57. The molecule has 0 spiro atoms. The number of nitrogens with two attached hydrogens (primary N) is 1. The molecule has 0 aliphatic carbocycles. The molecule has 2 aromatic rings. The third-order valence-electron chi connectivity index (χ3n) is 2.65. The predicted molar refractivity (Wildman–Crippen MR) is 71.3 cm³/mol. The van der Waals surface area contributed by atoms with E-state index in [4.69, 9.17) is 28.9 Å². The van der Waals surface area contributed by atoms with Gasteiger partial charge >= 0.3 is 0 Å². The Hall–Kier alpha value is -1.16. The largest absolute Gasteiger partial charge is 0.324 e. The highest BCUT2D eigenvalue weighted by molar-refractivity contribution is 6.31. The second-order valence-corrected chi connectivity index (χ2v) is 4.76. The molecule has 0 radical (unpaired) electrons. The quantitative estimate of drug-likeness (QED) is 0.932. The summed E-state index contributed by atoms with van der Waals surface area (Å²) in [7, 11) is 0. The molecule has 0 aliphatic rings. The lowest BCUT2D eigenvalue weighted by molar-refractivity contribution is 0.622. The number of hydrogen-bond donors (Lipinski definition) is 1. The van der Waals surface area contributed by atoms with Crippen LogP contribution in [0.3, 0.4) is 0 Å². The van der Waals surface area contributed by atoms with Crippen LogP contribution in [0.25, 0.3) is 0 Å². The van der Waals surface area contributed by atoms with Gasteiger partial charge in [0.25, 0.3) is 0 Å². The summed E-state index contributed by atoms with van der Waals surface area (Å²) in [5, 5.41) is 0.995. The van der Waals surface area contributed by atoms with Gasteiger partial charge in [0.2, 0.25) is 0 Å². The van der Waals surface area contributed by atoms with Crippen molar-refractivity contribution in [2.24, 2.45) is 5.73 Å². The van der Waals surface area contributed by atoms with Gasteiger partial charge in [0, 0.05) is 23.5 Å². The van der Waals surface area contributed by atoms with E-state index in [-0.39, 0.29) is 11.9 Å². The van der Waals surface area contributed by atoms with Crippen LogP contribution in [0.2, 0.25) is 10.0 Å². The molecule has 0 amide bonds. The van der Waals surface area contributed by atoms with E-state index in [1.807, 2.05) is 0 Å². The van der Waals surface area contributed by atoms with Crippen molar-refractivity contribution in [3.63, 3.8) is 0 Å². The summed E-state index contributed by atoms with van der Waals surface area (Å²) in [5.41, 5.74) is 7.49.